The minimum absolute atomic E-state index is 0.0638. The molecule has 2 N–H and O–H groups in total. The number of hydrogen-bond acceptors (Lipinski definition) is 4. The van der Waals surface area contributed by atoms with Gasteiger partial charge in [0.15, 0.2) is 6.04 Å². The first kappa shape index (κ1) is 20.9. The summed E-state index contributed by atoms with van der Waals surface area (Å²) in [5.41, 5.74) is 1.12. The summed E-state index contributed by atoms with van der Waals surface area (Å²) in [5, 5.41) is 11.7. The number of carbonyl (C=O) groups excluding carboxylic acids is 1. The molecule has 1 aliphatic heterocycles. The van der Waals surface area contributed by atoms with E-state index in [1.165, 1.54) is 16.4 Å². The van der Waals surface area contributed by atoms with Crippen LogP contribution in [0, 0.1) is 17.1 Å². The summed E-state index contributed by atoms with van der Waals surface area (Å²) in [6, 6.07) is 13.1. The fraction of sp³-hybridized carbons (Fsp3) is 0.300. The van der Waals surface area contributed by atoms with Crippen LogP contribution in [0.3, 0.4) is 0 Å². The Morgan fingerprint density at radius 1 is 1.14 bits per heavy atom. The number of piperazine rings is 1. The van der Waals surface area contributed by atoms with Gasteiger partial charge in [0.1, 0.15) is 5.82 Å². The van der Waals surface area contributed by atoms with Gasteiger partial charge in [-0.2, -0.15) is 9.57 Å². The molecule has 1 amide bonds. The van der Waals surface area contributed by atoms with E-state index in [1.54, 1.807) is 31.2 Å². The minimum atomic E-state index is -3.68. The number of rotatable bonds is 5. The van der Waals surface area contributed by atoms with Crippen LogP contribution in [0.5, 0.6) is 0 Å². The average Bonchev–Trinajstić information content (AvgIpc) is 2.74. The normalized spacial score (nSPS) is 16.7. The van der Waals surface area contributed by atoms with Gasteiger partial charge in [0.25, 0.3) is 5.91 Å². The molecule has 7 nitrogen and oxygen atoms in total. The third-order valence-electron chi connectivity index (χ3n) is 5.10. The third kappa shape index (κ3) is 4.79. The van der Waals surface area contributed by atoms with Crippen LogP contribution < -0.4 is 10.2 Å². The molecule has 1 fully saturated rings. The SMILES string of the molecule is C[C@@H](C(=O)Nc1ccc(C#N)cc1)[NH+]1CCN(S(=O)(=O)c2ccc(F)cc2)CC1. The first-order valence-electron chi connectivity index (χ1n) is 9.22. The van der Waals surface area contributed by atoms with Gasteiger partial charge in [0.05, 0.1) is 42.7 Å². The Morgan fingerprint density at radius 3 is 2.28 bits per heavy atom. The number of benzene rings is 2. The standard InChI is InChI=1S/C20H21FN4O3S/c1-15(20(26)23-18-6-2-16(14-22)3-7-18)24-10-12-25(13-11-24)29(27,28)19-8-4-17(21)5-9-19/h2-9,15H,10-13H2,1H3,(H,23,26)/p+1/t15-/m0/s1. The molecule has 1 aliphatic rings. The highest BCUT2D eigenvalue weighted by atomic mass is 32.2. The molecule has 0 unspecified atom stereocenters. The fourth-order valence-corrected chi connectivity index (χ4v) is 4.71. The molecule has 1 atom stereocenters. The van der Waals surface area contributed by atoms with Crippen LogP contribution in [-0.2, 0) is 14.8 Å². The van der Waals surface area contributed by atoms with Gasteiger partial charge >= 0.3 is 0 Å². The lowest BCUT2D eigenvalue weighted by Crippen LogP contribution is -3.19. The van der Waals surface area contributed by atoms with Crippen molar-refractivity contribution in [2.45, 2.75) is 17.9 Å². The number of carbonyl (C=O) groups is 1. The number of anilines is 1. The third-order valence-corrected chi connectivity index (χ3v) is 7.02. The Bertz CT molecular complexity index is 1010. The zero-order valence-electron chi connectivity index (χ0n) is 15.9. The van der Waals surface area contributed by atoms with E-state index in [0.717, 1.165) is 17.0 Å². The Morgan fingerprint density at radius 2 is 1.72 bits per heavy atom. The molecule has 3 rings (SSSR count). The second-order valence-electron chi connectivity index (χ2n) is 6.92. The van der Waals surface area contributed by atoms with Gasteiger partial charge in [-0.05, 0) is 55.5 Å². The highest BCUT2D eigenvalue weighted by Crippen LogP contribution is 2.16. The Hall–Kier alpha value is -2.80. The zero-order valence-corrected chi connectivity index (χ0v) is 16.7. The zero-order chi connectivity index (χ0) is 21.0. The number of nitrogens with zero attached hydrogens (tertiary/aromatic N) is 2. The van der Waals surface area contributed by atoms with E-state index < -0.39 is 15.8 Å². The van der Waals surface area contributed by atoms with Crippen molar-refractivity contribution in [1.82, 2.24) is 4.31 Å². The van der Waals surface area contributed by atoms with Gasteiger partial charge in [-0.15, -0.1) is 0 Å². The van der Waals surface area contributed by atoms with Crippen molar-refractivity contribution in [3.8, 4) is 6.07 Å². The molecule has 2 aromatic rings. The predicted octanol–water partition coefficient (Wildman–Crippen LogP) is 0.614. The van der Waals surface area contributed by atoms with Crippen molar-refractivity contribution < 1.29 is 22.5 Å². The maximum Gasteiger partial charge on any atom is 0.282 e. The highest BCUT2D eigenvalue weighted by Gasteiger charge is 2.34. The van der Waals surface area contributed by atoms with Gasteiger partial charge in [-0.25, -0.2) is 12.8 Å². The van der Waals surface area contributed by atoms with Crippen LogP contribution in [-0.4, -0.2) is 50.9 Å². The molecule has 0 saturated carbocycles. The van der Waals surface area contributed by atoms with E-state index in [4.69, 9.17) is 5.26 Å². The molecule has 1 saturated heterocycles. The van der Waals surface area contributed by atoms with Crippen molar-refractivity contribution in [3.63, 3.8) is 0 Å². The van der Waals surface area contributed by atoms with E-state index in [1.807, 2.05) is 6.07 Å². The van der Waals surface area contributed by atoms with Crippen molar-refractivity contribution in [2.24, 2.45) is 0 Å². The fourth-order valence-electron chi connectivity index (χ4n) is 3.27. The van der Waals surface area contributed by atoms with Crippen LogP contribution in [0.1, 0.15) is 12.5 Å². The summed E-state index contributed by atoms with van der Waals surface area (Å²) >= 11 is 0. The molecule has 0 aromatic heterocycles. The lowest BCUT2D eigenvalue weighted by molar-refractivity contribution is -0.917. The second kappa shape index (κ2) is 8.69. The molecule has 29 heavy (non-hydrogen) atoms. The number of hydrogen-bond donors (Lipinski definition) is 2. The van der Waals surface area contributed by atoms with Gasteiger partial charge < -0.3 is 10.2 Å². The van der Waals surface area contributed by atoms with Crippen molar-refractivity contribution >= 4 is 21.6 Å². The van der Waals surface area contributed by atoms with Crippen molar-refractivity contribution in [3.05, 3.63) is 59.9 Å². The van der Waals surface area contributed by atoms with Crippen molar-refractivity contribution in [2.75, 3.05) is 31.5 Å². The summed E-state index contributed by atoms with van der Waals surface area (Å²) in [6.07, 6.45) is 0. The van der Waals surface area contributed by atoms with Gasteiger partial charge in [0.2, 0.25) is 10.0 Å². The van der Waals surface area contributed by atoms with Crippen LogP contribution in [0.4, 0.5) is 10.1 Å². The van der Waals surface area contributed by atoms with Crippen LogP contribution in [0.25, 0.3) is 0 Å². The lowest BCUT2D eigenvalue weighted by Gasteiger charge is -2.34. The first-order valence-corrected chi connectivity index (χ1v) is 10.7. The maximum absolute atomic E-state index is 13.1. The topological polar surface area (TPSA) is 94.7 Å². The van der Waals surface area contributed by atoms with E-state index in [-0.39, 0.29) is 29.9 Å². The Labute approximate surface area is 169 Å². The Balaban J connectivity index is 1.58. The second-order valence-corrected chi connectivity index (χ2v) is 8.85. The number of quaternary nitrogens is 1. The van der Waals surface area contributed by atoms with Crippen LogP contribution >= 0.6 is 0 Å². The van der Waals surface area contributed by atoms with Gasteiger partial charge in [-0.3, -0.25) is 4.79 Å². The van der Waals surface area contributed by atoms with Crippen LogP contribution in [0.2, 0.25) is 0 Å². The molecule has 0 bridgehead atoms. The van der Waals surface area contributed by atoms with E-state index in [9.17, 15) is 17.6 Å². The van der Waals surface area contributed by atoms with Gasteiger partial charge in [0, 0.05) is 5.69 Å². The molecular formula is C20H22FN4O3S+. The molecule has 0 radical (unpaired) electrons. The van der Waals surface area contributed by atoms with E-state index in [2.05, 4.69) is 5.32 Å². The summed E-state index contributed by atoms with van der Waals surface area (Å²) in [7, 11) is -3.68. The largest absolute Gasteiger partial charge is 0.323 e. The summed E-state index contributed by atoms with van der Waals surface area (Å²) in [5.74, 6) is -0.653. The lowest BCUT2D eigenvalue weighted by atomic mass is 10.2. The molecule has 0 aliphatic carbocycles. The molecular weight excluding hydrogens is 395 g/mol. The number of sulfonamides is 1. The molecule has 9 heteroatoms. The molecule has 0 spiro atoms. The molecule has 152 valence electrons. The summed E-state index contributed by atoms with van der Waals surface area (Å²) in [4.78, 5) is 13.6. The van der Waals surface area contributed by atoms with E-state index >= 15 is 0 Å². The minimum Gasteiger partial charge on any atom is -0.323 e. The van der Waals surface area contributed by atoms with E-state index in [0.29, 0.717) is 24.3 Å². The average molecular weight is 417 g/mol. The first-order chi connectivity index (χ1) is 13.8. The summed E-state index contributed by atoms with van der Waals surface area (Å²) in [6.45, 7) is 3.34. The number of halogens is 1. The number of nitriles is 1. The van der Waals surface area contributed by atoms with Gasteiger partial charge in [-0.1, -0.05) is 0 Å². The predicted molar refractivity (Wildman–Crippen MR) is 105 cm³/mol. The maximum atomic E-state index is 13.1. The van der Waals surface area contributed by atoms with Crippen LogP contribution in [0.15, 0.2) is 53.4 Å². The quantitative estimate of drug-likeness (QED) is 0.746. The molecule has 2 aromatic carbocycles. The number of amides is 1. The Kier molecular flexibility index (Phi) is 6.27. The smallest absolute Gasteiger partial charge is 0.282 e. The van der Waals surface area contributed by atoms with Crippen molar-refractivity contribution in [1.29, 1.82) is 5.26 Å². The molecule has 1 heterocycles. The number of nitrogens with one attached hydrogen (secondary N) is 2. The monoisotopic (exact) mass is 417 g/mol. The highest BCUT2D eigenvalue weighted by molar-refractivity contribution is 7.89. The summed E-state index contributed by atoms with van der Waals surface area (Å²) < 4.78 is 39.8.